The van der Waals surface area contributed by atoms with E-state index in [0.29, 0.717) is 12.3 Å². The molecule has 0 radical (unpaired) electrons. The maximum atomic E-state index is 13.6. The molecule has 33 heavy (non-hydrogen) atoms. The molecule has 1 N–H and O–H groups in total. The molecule has 1 unspecified atom stereocenters. The van der Waals surface area contributed by atoms with Gasteiger partial charge in [0.15, 0.2) is 0 Å². The van der Waals surface area contributed by atoms with Crippen molar-refractivity contribution in [2.75, 3.05) is 13.1 Å². The summed E-state index contributed by atoms with van der Waals surface area (Å²) in [4.78, 5) is 28.1. The molecule has 5 heteroatoms. The monoisotopic (exact) mass is 454 g/mol. The van der Waals surface area contributed by atoms with Crippen molar-refractivity contribution in [3.05, 3.63) is 35.4 Å². The van der Waals surface area contributed by atoms with E-state index in [0.717, 1.165) is 38.8 Å². The lowest BCUT2D eigenvalue weighted by molar-refractivity contribution is -0.135. The molecule has 182 valence electrons. The summed E-state index contributed by atoms with van der Waals surface area (Å²) in [7, 11) is 0. The van der Waals surface area contributed by atoms with E-state index in [-0.39, 0.29) is 11.3 Å². The highest BCUT2D eigenvalue weighted by atomic mass is 16.6. The van der Waals surface area contributed by atoms with Crippen molar-refractivity contribution < 1.29 is 14.3 Å². The largest absolute Gasteiger partial charge is 0.444 e. The van der Waals surface area contributed by atoms with Crippen molar-refractivity contribution in [1.82, 2.24) is 10.2 Å². The summed E-state index contributed by atoms with van der Waals surface area (Å²) in [6.45, 7) is 7.10. The lowest BCUT2D eigenvalue weighted by atomic mass is 9.73. The first-order valence-electron chi connectivity index (χ1n) is 13.1. The zero-order valence-corrected chi connectivity index (χ0v) is 20.8. The highest BCUT2D eigenvalue weighted by Gasteiger charge is 2.42. The van der Waals surface area contributed by atoms with Crippen LogP contribution in [0.15, 0.2) is 24.3 Å². The Morgan fingerprint density at radius 3 is 2.48 bits per heavy atom. The van der Waals surface area contributed by atoms with Gasteiger partial charge in [0.05, 0.1) is 0 Å². The number of fused-ring (bicyclic) bond motifs is 2. The second-order valence-corrected chi connectivity index (χ2v) is 11.5. The molecule has 2 amide bonds. The van der Waals surface area contributed by atoms with E-state index in [1.165, 1.54) is 49.7 Å². The number of carbonyl (C=O) groups is 2. The van der Waals surface area contributed by atoms with Gasteiger partial charge in [0.25, 0.3) is 0 Å². The molecule has 1 heterocycles. The van der Waals surface area contributed by atoms with Crippen LogP contribution in [0.3, 0.4) is 0 Å². The van der Waals surface area contributed by atoms with Gasteiger partial charge in [0, 0.05) is 13.1 Å². The molecular formula is C28H42N2O3. The number of hydrogen-bond donors (Lipinski definition) is 1. The SMILES string of the molecule is CC(C)(C)OC(=O)NC(CCC1CCCCC1)C(=O)N1CCC2(CCc3ccccc32)CC1. The highest BCUT2D eigenvalue weighted by Crippen LogP contribution is 2.46. The number of piperidine rings is 1. The fraction of sp³-hybridized carbons (Fsp3) is 0.714. The van der Waals surface area contributed by atoms with Gasteiger partial charge in [-0.05, 0) is 81.8 Å². The third kappa shape index (κ3) is 5.91. The van der Waals surface area contributed by atoms with Gasteiger partial charge in [-0.1, -0.05) is 56.4 Å². The number of aryl methyl sites for hydroxylation is 1. The normalized spacial score (nSPS) is 21.5. The summed E-state index contributed by atoms with van der Waals surface area (Å²) >= 11 is 0. The van der Waals surface area contributed by atoms with Gasteiger partial charge in [-0.3, -0.25) is 4.79 Å². The number of alkyl carbamates (subject to hydrolysis) is 1. The Morgan fingerprint density at radius 1 is 1.09 bits per heavy atom. The van der Waals surface area contributed by atoms with Crippen molar-refractivity contribution in [1.29, 1.82) is 0 Å². The highest BCUT2D eigenvalue weighted by molar-refractivity contribution is 5.85. The predicted molar refractivity (Wildman–Crippen MR) is 131 cm³/mol. The molecule has 1 aliphatic heterocycles. The number of amides is 2. The fourth-order valence-corrected chi connectivity index (χ4v) is 6.24. The van der Waals surface area contributed by atoms with E-state index in [9.17, 15) is 9.59 Å². The Bertz CT molecular complexity index is 830. The van der Waals surface area contributed by atoms with Crippen LogP contribution >= 0.6 is 0 Å². The van der Waals surface area contributed by atoms with Crippen LogP contribution in [0, 0.1) is 5.92 Å². The van der Waals surface area contributed by atoms with Crippen LogP contribution in [0.1, 0.15) is 96.1 Å². The van der Waals surface area contributed by atoms with Crippen molar-refractivity contribution in [2.24, 2.45) is 5.92 Å². The quantitative estimate of drug-likeness (QED) is 0.616. The fourth-order valence-electron chi connectivity index (χ4n) is 6.24. The summed E-state index contributed by atoms with van der Waals surface area (Å²) in [5.41, 5.74) is 2.63. The summed E-state index contributed by atoms with van der Waals surface area (Å²) in [5, 5.41) is 2.93. The minimum absolute atomic E-state index is 0.0674. The van der Waals surface area contributed by atoms with E-state index >= 15 is 0 Å². The Balaban J connectivity index is 1.39. The van der Waals surface area contributed by atoms with Crippen LogP contribution in [0.2, 0.25) is 0 Å². The molecule has 1 saturated carbocycles. The van der Waals surface area contributed by atoms with Crippen LogP contribution < -0.4 is 5.32 Å². The third-order valence-corrected chi connectivity index (χ3v) is 8.07. The molecule has 1 spiro atoms. The van der Waals surface area contributed by atoms with Crippen LogP contribution in [0.5, 0.6) is 0 Å². The molecule has 1 saturated heterocycles. The molecule has 4 rings (SSSR count). The Morgan fingerprint density at radius 2 is 1.79 bits per heavy atom. The van der Waals surface area contributed by atoms with Crippen LogP contribution in [0.25, 0.3) is 0 Å². The van der Waals surface area contributed by atoms with Crippen molar-refractivity contribution in [3.63, 3.8) is 0 Å². The minimum Gasteiger partial charge on any atom is -0.444 e. The topological polar surface area (TPSA) is 58.6 Å². The molecule has 1 atom stereocenters. The number of carbonyl (C=O) groups excluding carboxylic acids is 2. The van der Waals surface area contributed by atoms with Crippen LogP contribution in [0.4, 0.5) is 4.79 Å². The zero-order valence-electron chi connectivity index (χ0n) is 20.8. The first-order chi connectivity index (χ1) is 15.8. The molecule has 1 aromatic carbocycles. The lowest BCUT2D eigenvalue weighted by Gasteiger charge is -2.41. The molecule has 2 aliphatic carbocycles. The van der Waals surface area contributed by atoms with Crippen molar-refractivity contribution in [3.8, 4) is 0 Å². The first kappa shape index (κ1) is 24.1. The second-order valence-electron chi connectivity index (χ2n) is 11.5. The van der Waals surface area contributed by atoms with Gasteiger partial charge in [0.1, 0.15) is 11.6 Å². The van der Waals surface area contributed by atoms with E-state index in [2.05, 4.69) is 29.6 Å². The molecule has 2 fully saturated rings. The van der Waals surface area contributed by atoms with Gasteiger partial charge >= 0.3 is 6.09 Å². The average molecular weight is 455 g/mol. The van der Waals surface area contributed by atoms with E-state index in [4.69, 9.17) is 4.74 Å². The standard InChI is InChI=1S/C28H42N2O3/c1-27(2,3)33-26(32)29-24(14-13-21-9-5-4-6-10-21)25(31)30-19-17-28(18-20-30)16-15-22-11-7-8-12-23(22)28/h7-8,11-12,21,24H,4-6,9-10,13-20H2,1-3H3,(H,29,32). The van der Waals surface area contributed by atoms with Gasteiger partial charge in [0.2, 0.25) is 5.91 Å². The molecule has 5 nitrogen and oxygen atoms in total. The van der Waals surface area contributed by atoms with Crippen LogP contribution in [-0.2, 0) is 21.4 Å². The molecule has 0 bridgehead atoms. The molecule has 3 aliphatic rings. The number of likely N-dealkylation sites (tertiary alicyclic amines) is 1. The van der Waals surface area contributed by atoms with E-state index in [1.54, 1.807) is 0 Å². The van der Waals surface area contributed by atoms with Crippen molar-refractivity contribution in [2.45, 2.75) is 108 Å². The smallest absolute Gasteiger partial charge is 0.408 e. The van der Waals surface area contributed by atoms with Gasteiger partial charge in [-0.25, -0.2) is 4.79 Å². The summed E-state index contributed by atoms with van der Waals surface area (Å²) in [5.74, 6) is 0.743. The molecule has 0 aromatic heterocycles. The van der Waals surface area contributed by atoms with E-state index < -0.39 is 17.7 Å². The number of rotatable bonds is 5. The number of ether oxygens (including phenoxy) is 1. The summed E-state index contributed by atoms with van der Waals surface area (Å²) < 4.78 is 5.49. The third-order valence-electron chi connectivity index (χ3n) is 8.07. The zero-order chi connectivity index (χ0) is 23.5. The number of nitrogens with zero attached hydrogens (tertiary/aromatic N) is 1. The number of benzene rings is 1. The molecular weight excluding hydrogens is 412 g/mol. The minimum atomic E-state index is -0.575. The van der Waals surface area contributed by atoms with Crippen molar-refractivity contribution >= 4 is 12.0 Å². The Kier molecular flexibility index (Phi) is 7.35. The average Bonchev–Trinajstić information content (AvgIpc) is 3.14. The number of hydrogen-bond acceptors (Lipinski definition) is 3. The maximum Gasteiger partial charge on any atom is 0.408 e. The van der Waals surface area contributed by atoms with Crippen LogP contribution in [-0.4, -0.2) is 41.6 Å². The Labute approximate surface area is 199 Å². The first-order valence-corrected chi connectivity index (χ1v) is 13.1. The maximum absolute atomic E-state index is 13.6. The van der Waals surface area contributed by atoms with Gasteiger partial charge in [-0.15, -0.1) is 0 Å². The second kappa shape index (κ2) is 10.1. The van der Waals surface area contributed by atoms with Gasteiger partial charge < -0.3 is 15.0 Å². The lowest BCUT2D eigenvalue weighted by Crippen LogP contribution is -2.53. The van der Waals surface area contributed by atoms with Gasteiger partial charge in [-0.2, -0.15) is 0 Å². The summed E-state index contributed by atoms with van der Waals surface area (Å²) in [6, 6.07) is 8.34. The number of nitrogens with one attached hydrogen (secondary N) is 1. The van der Waals surface area contributed by atoms with E-state index in [1.807, 2.05) is 25.7 Å². The Hall–Kier alpha value is -2.04. The molecule has 1 aromatic rings. The predicted octanol–water partition coefficient (Wildman–Crippen LogP) is 5.75. The summed E-state index contributed by atoms with van der Waals surface area (Å²) in [6.07, 6.45) is 12.0.